The summed E-state index contributed by atoms with van der Waals surface area (Å²) >= 11 is 0. The van der Waals surface area contributed by atoms with E-state index < -0.39 is 0 Å². The summed E-state index contributed by atoms with van der Waals surface area (Å²) in [7, 11) is 0. The third-order valence-electron chi connectivity index (χ3n) is 5.71. The van der Waals surface area contributed by atoms with E-state index in [2.05, 4.69) is 31.5 Å². The Balaban J connectivity index is 1.62. The fourth-order valence-electron chi connectivity index (χ4n) is 3.93. The molecule has 2 heterocycles. The van der Waals surface area contributed by atoms with Gasteiger partial charge in [-0.1, -0.05) is 42.0 Å². The van der Waals surface area contributed by atoms with Gasteiger partial charge in [0.1, 0.15) is 0 Å². The molecule has 166 valence electrons. The molecular weight excluding hydrogens is 404 g/mol. The number of aromatic nitrogens is 5. The molecule has 0 saturated heterocycles. The topological polar surface area (TPSA) is 99.9 Å². The molecule has 4 rings (SSSR count). The van der Waals surface area contributed by atoms with Crippen LogP contribution in [0.3, 0.4) is 0 Å². The van der Waals surface area contributed by atoms with Crippen molar-refractivity contribution in [3.63, 3.8) is 0 Å². The van der Waals surface area contributed by atoms with Crippen LogP contribution in [0.1, 0.15) is 41.9 Å². The third kappa shape index (κ3) is 4.92. The molecule has 0 fully saturated rings. The Hall–Kier alpha value is -3.36. The first-order chi connectivity index (χ1) is 15.5. The second-order valence-electron chi connectivity index (χ2n) is 8.12. The van der Waals surface area contributed by atoms with E-state index >= 15 is 0 Å². The van der Waals surface area contributed by atoms with Crippen molar-refractivity contribution in [3.8, 4) is 0 Å². The van der Waals surface area contributed by atoms with Gasteiger partial charge >= 0.3 is 0 Å². The third-order valence-corrected chi connectivity index (χ3v) is 5.71. The lowest BCUT2D eigenvalue weighted by Gasteiger charge is -2.28. The van der Waals surface area contributed by atoms with Crippen LogP contribution in [-0.4, -0.2) is 48.3 Å². The largest absolute Gasteiger partial charge is 0.396 e. The number of tetrazole rings is 1. The zero-order valence-corrected chi connectivity index (χ0v) is 18.4. The van der Waals surface area contributed by atoms with Gasteiger partial charge < -0.3 is 10.1 Å². The van der Waals surface area contributed by atoms with Crippen LogP contribution in [0.15, 0.2) is 59.4 Å². The van der Waals surface area contributed by atoms with Gasteiger partial charge in [0.05, 0.1) is 12.6 Å². The number of pyridine rings is 1. The number of rotatable bonds is 9. The van der Waals surface area contributed by atoms with Crippen molar-refractivity contribution in [3.05, 3.63) is 87.5 Å². The highest BCUT2D eigenvalue weighted by Gasteiger charge is 2.23. The Labute approximate surface area is 186 Å². The van der Waals surface area contributed by atoms with E-state index in [4.69, 9.17) is 0 Å². The molecule has 8 heteroatoms. The zero-order valence-electron chi connectivity index (χ0n) is 18.4. The molecule has 32 heavy (non-hydrogen) atoms. The smallest absolute Gasteiger partial charge is 0.252 e. The van der Waals surface area contributed by atoms with E-state index in [0.29, 0.717) is 31.6 Å². The predicted molar refractivity (Wildman–Crippen MR) is 123 cm³/mol. The summed E-state index contributed by atoms with van der Waals surface area (Å²) in [5.74, 6) is 0.722. The fraction of sp³-hybridized carbons (Fsp3) is 0.333. The maximum Gasteiger partial charge on any atom is 0.252 e. The molecule has 2 N–H and O–H groups in total. The van der Waals surface area contributed by atoms with Crippen molar-refractivity contribution < 1.29 is 5.11 Å². The maximum absolute atomic E-state index is 12.8. The Morgan fingerprint density at radius 1 is 1.16 bits per heavy atom. The average molecular weight is 433 g/mol. The van der Waals surface area contributed by atoms with E-state index in [9.17, 15) is 9.90 Å². The van der Waals surface area contributed by atoms with Gasteiger partial charge in [-0.15, -0.1) is 5.10 Å². The molecule has 2 aromatic carbocycles. The molecule has 1 atom stereocenters. The summed E-state index contributed by atoms with van der Waals surface area (Å²) < 4.78 is 1.79. The summed E-state index contributed by atoms with van der Waals surface area (Å²) in [6.07, 6.45) is 0.592. The highest BCUT2D eigenvalue weighted by molar-refractivity contribution is 5.79. The van der Waals surface area contributed by atoms with Gasteiger partial charge in [-0.05, 0) is 59.8 Å². The van der Waals surface area contributed by atoms with Crippen LogP contribution in [0.25, 0.3) is 10.9 Å². The summed E-state index contributed by atoms with van der Waals surface area (Å²) in [5, 5.41) is 22.8. The maximum atomic E-state index is 12.8. The number of nitrogens with one attached hydrogen (secondary N) is 1. The molecule has 0 radical (unpaired) electrons. The summed E-state index contributed by atoms with van der Waals surface area (Å²) in [6, 6.07) is 17.8. The number of aliphatic hydroxyl groups excluding tert-OH is 1. The second kappa shape index (κ2) is 9.84. The highest BCUT2D eigenvalue weighted by Crippen LogP contribution is 2.22. The number of benzene rings is 2. The number of aryl methyl sites for hydroxylation is 1. The Bertz CT molecular complexity index is 1230. The summed E-state index contributed by atoms with van der Waals surface area (Å²) in [5.41, 5.74) is 3.64. The van der Waals surface area contributed by atoms with Crippen LogP contribution in [-0.2, 0) is 13.1 Å². The molecule has 0 saturated carbocycles. The molecule has 0 spiro atoms. The van der Waals surface area contributed by atoms with Crippen LogP contribution >= 0.6 is 0 Å². The van der Waals surface area contributed by atoms with Gasteiger partial charge in [-0.25, -0.2) is 4.68 Å². The van der Waals surface area contributed by atoms with Gasteiger partial charge in [0, 0.05) is 30.8 Å². The van der Waals surface area contributed by atoms with Gasteiger partial charge in [-0.2, -0.15) is 0 Å². The van der Waals surface area contributed by atoms with E-state index in [-0.39, 0.29) is 18.2 Å². The fourth-order valence-corrected chi connectivity index (χ4v) is 3.93. The van der Waals surface area contributed by atoms with Crippen molar-refractivity contribution in [1.82, 2.24) is 30.1 Å². The number of aliphatic hydroxyl groups is 1. The molecule has 0 aliphatic heterocycles. The average Bonchev–Trinajstić information content (AvgIpc) is 3.25. The molecule has 4 aromatic rings. The number of fused-ring (bicyclic) bond motifs is 1. The number of hydrogen-bond donors (Lipinski definition) is 2. The van der Waals surface area contributed by atoms with E-state index in [1.807, 2.05) is 62.4 Å². The van der Waals surface area contributed by atoms with Crippen LogP contribution in [0.4, 0.5) is 0 Å². The van der Waals surface area contributed by atoms with Crippen molar-refractivity contribution in [2.45, 2.75) is 39.4 Å². The minimum Gasteiger partial charge on any atom is -0.396 e. The van der Waals surface area contributed by atoms with Crippen LogP contribution in [0.5, 0.6) is 0 Å². The predicted octanol–water partition coefficient (Wildman–Crippen LogP) is 2.82. The van der Waals surface area contributed by atoms with E-state index in [1.165, 1.54) is 0 Å². The molecule has 0 aliphatic rings. The lowest BCUT2D eigenvalue weighted by Crippen LogP contribution is -2.32. The molecule has 0 aliphatic carbocycles. The van der Waals surface area contributed by atoms with Gasteiger partial charge in [0.2, 0.25) is 0 Å². The number of aromatic amines is 1. The Morgan fingerprint density at radius 3 is 2.75 bits per heavy atom. The molecule has 0 amide bonds. The first-order valence-corrected chi connectivity index (χ1v) is 10.8. The first-order valence-electron chi connectivity index (χ1n) is 10.8. The van der Waals surface area contributed by atoms with Crippen molar-refractivity contribution >= 4 is 10.9 Å². The standard InChI is InChI=1S/C24H28N6O2/c1-17-9-10-22-20(13-17)14-21(24(32)25-22)16-29(11-6-12-31)18(2)23-26-27-28-30(23)15-19-7-4-3-5-8-19/h3-5,7-10,13-14,18,31H,6,11-12,15-16H2,1-2H3,(H,25,32). The number of H-pyrrole nitrogens is 1. The highest BCUT2D eigenvalue weighted by atomic mass is 16.3. The SMILES string of the molecule is Cc1ccc2[nH]c(=O)c(CN(CCCO)C(C)c3nnnn3Cc3ccccc3)cc2c1. The van der Waals surface area contributed by atoms with Crippen LogP contribution in [0, 0.1) is 6.92 Å². The van der Waals surface area contributed by atoms with Crippen molar-refractivity contribution in [1.29, 1.82) is 0 Å². The van der Waals surface area contributed by atoms with E-state index in [0.717, 1.165) is 27.9 Å². The Kier molecular flexibility index (Phi) is 6.72. The monoisotopic (exact) mass is 432 g/mol. The van der Waals surface area contributed by atoms with Gasteiger partial charge in [0.15, 0.2) is 5.82 Å². The molecular formula is C24H28N6O2. The minimum absolute atomic E-state index is 0.0748. The number of nitrogens with zero attached hydrogens (tertiary/aromatic N) is 5. The molecule has 2 aromatic heterocycles. The number of hydrogen-bond acceptors (Lipinski definition) is 6. The molecule has 1 unspecified atom stereocenters. The minimum atomic E-state index is -0.145. The first kappa shape index (κ1) is 21.9. The lowest BCUT2D eigenvalue weighted by molar-refractivity contribution is 0.167. The van der Waals surface area contributed by atoms with Crippen molar-refractivity contribution in [2.75, 3.05) is 13.2 Å². The normalized spacial score (nSPS) is 12.5. The van der Waals surface area contributed by atoms with E-state index in [1.54, 1.807) is 4.68 Å². The van der Waals surface area contributed by atoms with Crippen LogP contribution < -0.4 is 5.56 Å². The van der Waals surface area contributed by atoms with Gasteiger partial charge in [0.25, 0.3) is 5.56 Å². The Morgan fingerprint density at radius 2 is 1.97 bits per heavy atom. The lowest BCUT2D eigenvalue weighted by atomic mass is 10.1. The van der Waals surface area contributed by atoms with Crippen LogP contribution in [0.2, 0.25) is 0 Å². The second-order valence-corrected chi connectivity index (χ2v) is 8.12. The molecule has 8 nitrogen and oxygen atoms in total. The van der Waals surface area contributed by atoms with Gasteiger partial charge in [-0.3, -0.25) is 9.69 Å². The summed E-state index contributed by atoms with van der Waals surface area (Å²) in [6.45, 7) is 5.75. The zero-order chi connectivity index (χ0) is 22.5. The van der Waals surface area contributed by atoms with Crippen molar-refractivity contribution in [2.24, 2.45) is 0 Å². The quantitative estimate of drug-likeness (QED) is 0.422. The molecule has 0 bridgehead atoms. The summed E-state index contributed by atoms with van der Waals surface area (Å²) in [4.78, 5) is 17.9.